The molecule has 0 aromatic carbocycles. The van der Waals surface area contributed by atoms with Crippen LogP contribution in [0.15, 0.2) is 36.7 Å². The minimum atomic E-state index is -0.436. The molecular formula is C14H15N3O2. The molecule has 0 amide bonds. The van der Waals surface area contributed by atoms with Crippen molar-refractivity contribution in [1.29, 1.82) is 0 Å². The molecule has 2 aromatic rings. The summed E-state index contributed by atoms with van der Waals surface area (Å²) in [5.74, 6) is -0.285. The van der Waals surface area contributed by atoms with Crippen molar-refractivity contribution in [2.75, 3.05) is 7.11 Å². The molecule has 0 N–H and O–H groups in total. The first kappa shape index (κ1) is 13.1. The van der Waals surface area contributed by atoms with Crippen LogP contribution >= 0.6 is 0 Å². The van der Waals surface area contributed by atoms with Crippen LogP contribution in [0.5, 0.6) is 0 Å². The van der Waals surface area contributed by atoms with Gasteiger partial charge in [0.05, 0.1) is 18.5 Å². The van der Waals surface area contributed by atoms with E-state index in [2.05, 4.69) is 15.0 Å². The highest BCUT2D eigenvalue weighted by atomic mass is 16.5. The molecule has 2 rings (SSSR count). The molecule has 1 unspecified atom stereocenters. The van der Waals surface area contributed by atoms with Crippen molar-refractivity contribution in [1.82, 2.24) is 15.0 Å². The molecule has 0 saturated heterocycles. The molecule has 98 valence electrons. The summed E-state index contributed by atoms with van der Waals surface area (Å²) in [6.45, 7) is 1.90. The summed E-state index contributed by atoms with van der Waals surface area (Å²) in [6, 6.07) is 7.37. The van der Waals surface area contributed by atoms with Gasteiger partial charge >= 0.3 is 5.97 Å². The fraction of sp³-hybridized carbons (Fsp3) is 0.286. The zero-order valence-electron chi connectivity index (χ0n) is 10.9. The Balaban J connectivity index is 2.36. The maximum atomic E-state index is 11.7. The van der Waals surface area contributed by atoms with Crippen LogP contribution in [0.25, 0.3) is 11.4 Å². The Hall–Kier alpha value is -2.30. The number of carbonyl (C=O) groups is 1. The van der Waals surface area contributed by atoms with E-state index in [1.165, 1.54) is 7.11 Å². The zero-order chi connectivity index (χ0) is 13.7. The molecule has 5 nitrogen and oxygen atoms in total. The largest absolute Gasteiger partial charge is 0.468 e. The summed E-state index contributed by atoms with van der Waals surface area (Å²) >= 11 is 0. The highest BCUT2D eigenvalue weighted by molar-refractivity contribution is 5.77. The second-order valence-electron chi connectivity index (χ2n) is 4.00. The fourth-order valence-corrected chi connectivity index (χ4v) is 1.80. The van der Waals surface area contributed by atoms with Gasteiger partial charge in [-0.1, -0.05) is 13.0 Å². The molecule has 1 atom stereocenters. The summed E-state index contributed by atoms with van der Waals surface area (Å²) in [5.41, 5.74) is 1.46. The van der Waals surface area contributed by atoms with Crippen LogP contribution in [0, 0.1) is 0 Å². The Labute approximate surface area is 111 Å². The van der Waals surface area contributed by atoms with Crippen LogP contribution in [0.4, 0.5) is 0 Å². The number of pyridine rings is 1. The van der Waals surface area contributed by atoms with Gasteiger partial charge in [-0.25, -0.2) is 9.97 Å². The number of ether oxygens (including phenoxy) is 1. The van der Waals surface area contributed by atoms with E-state index in [4.69, 9.17) is 4.74 Å². The second-order valence-corrected chi connectivity index (χ2v) is 4.00. The topological polar surface area (TPSA) is 65.0 Å². The van der Waals surface area contributed by atoms with Gasteiger partial charge in [-0.15, -0.1) is 0 Å². The summed E-state index contributed by atoms with van der Waals surface area (Å²) in [7, 11) is 1.37. The van der Waals surface area contributed by atoms with E-state index < -0.39 is 5.92 Å². The smallest absolute Gasteiger partial charge is 0.316 e. The molecule has 19 heavy (non-hydrogen) atoms. The number of aromatic nitrogens is 3. The lowest BCUT2D eigenvalue weighted by molar-refractivity contribution is -0.142. The maximum Gasteiger partial charge on any atom is 0.316 e. The van der Waals surface area contributed by atoms with E-state index in [1.807, 2.05) is 25.1 Å². The highest BCUT2D eigenvalue weighted by Crippen LogP contribution is 2.20. The van der Waals surface area contributed by atoms with Gasteiger partial charge in [0.2, 0.25) is 0 Å². The van der Waals surface area contributed by atoms with Crippen LogP contribution < -0.4 is 0 Å². The maximum absolute atomic E-state index is 11.7. The lowest BCUT2D eigenvalue weighted by Gasteiger charge is -2.11. The van der Waals surface area contributed by atoms with Crippen molar-refractivity contribution in [3.8, 4) is 11.4 Å². The standard InChI is InChI=1S/C14H15N3O2/c1-3-10(14(18)19-2)13-16-9-7-12(17-13)11-6-4-5-8-15-11/h4-10H,3H2,1-2H3. The van der Waals surface area contributed by atoms with E-state index >= 15 is 0 Å². The van der Waals surface area contributed by atoms with E-state index in [9.17, 15) is 4.79 Å². The molecule has 0 aliphatic carbocycles. The predicted octanol–water partition coefficient (Wildman–Crippen LogP) is 2.21. The molecule has 2 aromatic heterocycles. The van der Waals surface area contributed by atoms with Gasteiger partial charge in [-0.05, 0) is 24.6 Å². The SMILES string of the molecule is CCC(C(=O)OC)c1nccc(-c2ccccn2)n1. The first-order valence-electron chi connectivity index (χ1n) is 6.08. The Bertz CT molecular complexity index is 558. The summed E-state index contributed by atoms with van der Waals surface area (Å²) < 4.78 is 4.77. The summed E-state index contributed by atoms with van der Waals surface area (Å²) in [6.07, 6.45) is 3.94. The first-order valence-corrected chi connectivity index (χ1v) is 6.08. The zero-order valence-corrected chi connectivity index (χ0v) is 10.9. The number of hydrogen-bond acceptors (Lipinski definition) is 5. The third kappa shape index (κ3) is 2.93. The minimum Gasteiger partial charge on any atom is -0.468 e. The van der Waals surface area contributed by atoms with Crippen molar-refractivity contribution in [3.05, 3.63) is 42.5 Å². The molecular weight excluding hydrogens is 242 g/mol. The Morgan fingerprint density at radius 3 is 2.68 bits per heavy atom. The van der Waals surface area contributed by atoms with Gasteiger partial charge in [-0.2, -0.15) is 0 Å². The molecule has 0 spiro atoms. The van der Waals surface area contributed by atoms with Crippen molar-refractivity contribution in [2.24, 2.45) is 0 Å². The Kier molecular flexibility index (Phi) is 4.18. The second kappa shape index (κ2) is 6.04. The van der Waals surface area contributed by atoms with Crippen molar-refractivity contribution < 1.29 is 9.53 Å². The van der Waals surface area contributed by atoms with Crippen LogP contribution in [-0.2, 0) is 9.53 Å². The molecule has 0 radical (unpaired) electrons. The molecule has 0 bridgehead atoms. The van der Waals surface area contributed by atoms with Crippen LogP contribution in [-0.4, -0.2) is 28.0 Å². The first-order chi connectivity index (χ1) is 9.26. The van der Waals surface area contributed by atoms with E-state index in [-0.39, 0.29) is 5.97 Å². The van der Waals surface area contributed by atoms with E-state index in [0.29, 0.717) is 17.9 Å². The predicted molar refractivity (Wildman–Crippen MR) is 70.3 cm³/mol. The number of esters is 1. The minimum absolute atomic E-state index is 0.319. The van der Waals surface area contributed by atoms with Crippen LogP contribution in [0.3, 0.4) is 0 Å². The number of rotatable bonds is 4. The molecule has 0 fully saturated rings. The number of methoxy groups -OCH3 is 1. The fourth-order valence-electron chi connectivity index (χ4n) is 1.80. The average Bonchev–Trinajstić information content (AvgIpc) is 2.49. The molecule has 0 aliphatic rings. The number of hydrogen-bond donors (Lipinski definition) is 0. The quantitative estimate of drug-likeness (QED) is 0.786. The molecule has 2 heterocycles. The van der Waals surface area contributed by atoms with Gasteiger partial charge in [0, 0.05) is 12.4 Å². The molecule has 0 saturated carbocycles. The molecule has 0 aliphatic heterocycles. The normalized spacial score (nSPS) is 11.9. The summed E-state index contributed by atoms with van der Waals surface area (Å²) in [5, 5.41) is 0. The van der Waals surface area contributed by atoms with E-state index in [0.717, 1.165) is 5.69 Å². The highest BCUT2D eigenvalue weighted by Gasteiger charge is 2.22. The monoisotopic (exact) mass is 257 g/mol. The van der Waals surface area contributed by atoms with Crippen LogP contribution in [0.2, 0.25) is 0 Å². The summed E-state index contributed by atoms with van der Waals surface area (Å²) in [4.78, 5) is 24.5. The lowest BCUT2D eigenvalue weighted by Crippen LogP contribution is -2.16. The number of carbonyl (C=O) groups excluding carboxylic acids is 1. The van der Waals surface area contributed by atoms with Gasteiger partial charge in [-0.3, -0.25) is 9.78 Å². The Morgan fingerprint density at radius 2 is 2.05 bits per heavy atom. The molecule has 5 heteroatoms. The number of nitrogens with zero attached hydrogens (tertiary/aromatic N) is 3. The van der Waals surface area contributed by atoms with Crippen molar-refractivity contribution in [2.45, 2.75) is 19.3 Å². The van der Waals surface area contributed by atoms with Crippen LogP contribution in [0.1, 0.15) is 25.1 Å². The van der Waals surface area contributed by atoms with Gasteiger partial charge < -0.3 is 4.74 Å². The van der Waals surface area contributed by atoms with E-state index in [1.54, 1.807) is 18.5 Å². The van der Waals surface area contributed by atoms with Crippen molar-refractivity contribution in [3.63, 3.8) is 0 Å². The van der Waals surface area contributed by atoms with Gasteiger partial charge in [0.15, 0.2) is 0 Å². The van der Waals surface area contributed by atoms with Gasteiger partial charge in [0.1, 0.15) is 11.7 Å². The third-order valence-electron chi connectivity index (χ3n) is 2.81. The van der Waals surface area contributed by atoms with Crippen molar-refractivity contribution >= 4 is 5.97 Å². The van der Waals surface area contributed by atoms with Gasteiger partial charge in [0.25, 0.3) is 0 Å². The third-order valence-corrected chi connectivity index (χ3v) is 2.81. The average molecular weight is 257 g/mol. The lowest BCUT2D eigenvalue weighted by atomic mass is 10.1. The Morgan fingerprint density at radius 1 is 1.21 bits per heavy atom.